The molecule has 0 fully saturated rings. The van der Waals surface area contributed by atoms with Gasteiger partial charge in [0.2, 0.25) is 10.0 Å². The molecule has 0 saturated heterocycles. The molecular weight excluding hydrogens is 238 g/mol. The van der Waals surface area contributed by atoms with Crippen molar-refractivity contribution in [3.05, 3.63) is 30.6 Å². The van der Waals surface area contributed by atoms with Gasteiger partial charge in [0.05, 0.1) is 4.90 Å². The number of hydrogen-bond acceptors (Lipinski definition) is 3. The van der Waals surface area contributed by atoms with Crippen LogP contribution in [0.5, 0.6) is 0 Å². The van der Waals surface area contributed by atoms with Crippen LogP contribution in [0.25, 0.3) is 0 Å². The maximum atomic E-state index is 12.3. The maximum Gasteiger partial charge on any atom is 0.244 e. The van der Waals surface area contributed by atoms with Gasteiger partial charge >= 0.3 is 0 Å². The molecule has 0 amide bonds. The first-order valence-corrected chi connectivity index (χ1v) is 6.98. The van der Waals surface area contributed by atoms with Crippen molar-refractivity contribution < 1.29 is 8.42 Å². The molecular formula is C11H19N3O2S. The Hall–Kier alpha value is -1.11. The Kier molecular flexibility index (Phi) is 4.92. The third-order valence-corrected chi connectivity index (χ3v) is 4.22. The van der Waals surface area contributed by atoms with Crippen molar-refractivity contribution in [2.24, 2.45) is 5.73 Å². The number of H-pyrrole nitrogens is 1. The molecule has 3 N–H and O–H groups in total. The molecule has 5 nitrogen and oxygen atoms in total. The summed E-state index contributed by atoms with van der Waals surface area (Å²) < 4.78 is 25.9. The first kappa shape index (κ1) is 14.0. The fourth-order valence-corrected chi connectivity index (χ4v) is 3.06. The molecule has 96 valence electrons. The Morgan fingerprint density at radius 1 is 1.59 bits per heavy atom. The second-order valence-electron chi connectivity index (χ2n) is 3.72. The quantitative estimate of drug-likeness (QED) is 0.717. The van der Waals surface area contributed by atoms with Gasteiger partial charge in [0.1, 0.15) is 0 Å². The lowest BCUT2D eigenvalue weighted by molar-refractivity contribution is 0.441. The van der Waals surface area contributed by atoms with E-state index in [9.17, 15) is 8.42 Å². The number of nitrogens with zero attached hydrogens (tertiary/aromatic N) is 1. The SMILES string of the molecule is C=CCN(CCC)S(=O)(=O)c1c[nH]c(CN)c1. The summed E-state index contributed by atoms with van der Waals surface area (Å²) in [6, 6.07) is 1.57. The van der Waals surface area contributed by atoms with Crippen molar-refractivity contribution in [3.63, 3.8) is 0 Å². The van der Waals surface area contributed by atoms with E-state index < -0.39 is 10.0 Å². The van der Waals surface area contributed by atoms with E-state index in [4.69, 9.17) is 5.73 Å². The largest absolute Gasteiger partial charge is 0.363 e. The van der Waals surface area contributed by atoms with Crippen LogP contribution in [0.15, 0.2) is 29.8 Å². The molecule has 0 radical (unpaired) electrons. The summed E-state index contributed by atoms with van der Waals surface area (Å²) >= 11 is 0. The lowest BCUT2D eigenvalue weighted by Crippen LogP contribution is -2.31. The predicted octanol–water partition coefficient (Wildman–Crippen LogP) is 1.06. The molecule has 1 aromatic heterocycles. The van der Waals surface area contributed by atoms with Crippen molar-refractivity contribution in [1.29, 1.82) is 0 Å². The third-order valence-electron chi connectivity index (χ3n) is 2.38. The van der Waals surface area contributed by atoms with Crippen LogP contribution >= 0.6 is 0 Å². The molecule has 0 saturated carbocycles. The number of nitrogens with two attached hydrogens (primary N) is 1. The van der Waals surface area contributed by atoms with Gasteiger partial charge in [-0.1, -0.05) is 13.0 Å². The van der Waals surface area contributed by atoms with Gasteiger partial charge in [-0.2, -0.15) is 4.31 Å². The van der Waals surface area contributed by atoms with E-state index in [0.29, 0.717) is 25.3 Å². The lowest BCUT2D eigenvalue weighted by atomic mass is 10.4. The van der Waals surface area contributed by atoms with E-state index in [-0.39, 0.29) is 4.90 Å². The summed E-state index contributed by atoms with van der Waals surface area (Å²) in [5.41, 5.74) is 6.15. The summed E-state index contributed by atoms with van der Waals surface area (Å²) in [5, 5.41) is 0. The standard InChI is InChI=1S/C11H19N3O2S/c1-3-5-14(6-4-2)17(15,16)11-7-10(8-12)13-9-11/h3,7,9,13H,1,4-6,8,12H2,2H3. The van der Waals surface area contributed by atoms with Crippen LogP contribution in [0, 0.1) is 0 Å². The number of aromatic nitrogens is 1. The molecule has 0 spiro atoms. The number of nitrogens with one attached hydrogen (secondary N) is 1. The Balaban J connectivity index is 3.02. The molecule has 0 aliphatic carbocycles. The zero-order valence-corrected chi connectivity index (χ0v) is 10.8. The molecule has 17 heavy (non-hydrogen) atoms. The molecule has 0 atom stereocenters. The number of aromatic amines is 1. The second kappa shape index (κ2) is 6.00. The molecule has 1 heterocycles. The summed E-state index contributed by atoms with van der Waals surface area (Å²) in [7, 11) is -3.44. The van der Waals surface area contributed by atoms with Crippen LogP contribution in [-0.2, 0) is 16.6 Å². The van der Waals surface area contributed by atoms with Crippen molar-refractivity contribution in [1.82, 2.24) is 9.29 Å². The summed E-state index contributed by atoms with van der Waals surface area (Å²) in [4.78, 5) is 3.10. The van der Waals surface area contributed by atoms with Gasteiger partial charge in [-0.3, -0.25) is 0 Å². The highest BCUT2D eigenvalue weighted by molar-refractivity contribution is 7.89. The van der Waals surface area contributed by atoms with Crippen molar-refractivity contribution in [3.8, 4) is 0 Å². The highest BCUT2D eigenvalue weighted by Crippen LogP contribution is 2.16. The summed E-state index contributed by atoms with van der Waals surface area (Å²) in [6.07, 6.45) is 3.83. The highest BCUT2D eigenvalue weighted by Gasteiger charge is 2.23. The fraction of sp³-hybridized carbons (Fsp3) is 0.455. The highest BCUT2D eigenvalue weighted by atomic mass is 32.2. The molecule has 0 aromatic carbocycles. The first-order chi connectivity index (χ1) is 8.06. The number of rotatable bonds is 7. The van der Waals surface area contributed by atoms with Crippen LogP contribution in [-0.4, -0.2) is 30.8 Å². The average Bonchev–Trinajstić information content (AvgIpc) is 2.78. The smallest absolute Gasteiger partial charge is 0.244 e. The van der Waals surface area contributed by atoms with Gasteiger partial charge in [0, 0.05) is 31.5 Å². The molecule has 0 unspecified atom stereocenters. The van der Waals surface area contributed by atoms with Crippen molar-refractivity contribution >= 4 is 10.0 Å². The maximum absolute atomic E-state index is 12.3. The summed E-state index contributed by atoms with van der Waals surface area (Å²) in [6.45, 7) is 6.61. The van der Waals surface area contributed by atoms with E-state index in [1.807, 2.05) is 6.92 Å². The zero-order chi connectivity index (χ0) is 12.9. The molecule has 1 rings (SSSR count). The molecule has 0 aliphatic rings. The minimum absolute atomic E-state index is 0.258. The Bertz CT molecular complexity index is 465. The van der Waals surface area contributed by atoms with E-state index >= 15 is 0 Å². The second-order valence-corrected chi connectivity index (χ2v) is 5.65. The normalized spacial score (nSPS) is 11.9. The molecule has 1 aromatic rings. The van der Waals surface area contributed by atoms with Crippen LogP contribution in [0.3, 0.4) is 0 Å². The van der Waals surface area contributed by atoms with Gasteiger partial charge in [-0.15, -0.1) is 6.58 Å². The molecule has 0 aliphatic heterocycles. The van der Waals surface area contributed by atoms with E-state index in [1.54, 1.807) is 12.1 Å². The molecule has 0 bridgehead atoms. The Morgan fingerprint density at radius 2 is 2.29 bits per heavy atom. The van der Waals surface area contributed by atoms with Gasteiger partial charge in [0.15, 0.2) is 0 Å². The van der Waals surface area contributed by atoms with Crippen LogP contribution in [0.2, 0.25) is 0 Å². The average molecular weight is 257 g/mol. The van der Waals surface area contributed by atoms with E-state index in [1.165, 1.54) is 10.5 Å². The molecule has 6 heteroatoms. The van der Waals surface area contributed by atoms with Crippen molar-refractivity contribution in [2.45, 2.75) is 24.8 Å². The zero-order valence-electron chi connectivity index (χ0n) is 10.0. The number of sulfonamides is 1. The lowest BCUT2D eigenvalue weighted by Gasteiger charge is -2.18. The van der Waals surface area contributed by atoms with Crippen LogP contribution in [0.4, 0.5) is 0 Å². The summed E-state index contributed by atoms with van der Waals surface area (Å²) in [5.74, 6) is 0. The predicted molar refractivity (Wildman–Crippen MR) is 67.9 cm³/mol. The Labute approximate surface area is 102 Å². The monoisotopic (exact) mass is 257 g/mol. The minimum atomic E-state index is -3.44. The van der Waals surface area contributed by atoms with Crippen molar-refractivity contribution in [2.75, 3.05) is 13.1 Å². The topological polar surface area (TPSA) is 79.2 Å². The van der Waals surface area contributed by atoms with Gasteiger partial charge < -0.3 is 10.7 Å². The van der Waals surface area contributed by atoms with Crippen LogP contribution < -0.4 is 5.73 Å². The minimum Gasteiger partial charge on any atom is -0.363 e. The van der Waals surface area contributed by atoms with Gasteiger partial charge in [-0.25, -0.2) is 8.42 Å². The van der Waals surface area contributed by atoms with Gasteiger partial charge in [0.25, 0.3) is 0 Å². The first-order valence-electron chi connectivity index (χ1n) is 5.54. The van der Waals surface area contributed by atoms with Gasteiger partial charge in [-0.05, 0) is 12.5 Å². The van der Waals surface area contributed by atoms with E-state index in [0.717, 1.165) is 6.42 Å². The fourth-order valence-electron chi connectivity index (χ4n) is 1.54. The third kappa shape index (κ3) is 3.18. The number of hydrogen-bond donors (Lipinski definition) is 2. The van der Waals surface area contributed by atoms with Crippen LogP contribution in [0.1, 0.15) is 19.0 Å². The Morgan fingerprint density at radius 3 is 2.76 bits per heavy atom. The van der Waals surface area contributed by atoms with E-state index in [2.05, 4.69) is 11.6 Å².